The second kappa shape index (κ2) is 7.47. The van der Waals surface area contributed by atoms with Gasteiger partial charge in [-0.3, -0.25) is 4.79 Å². The Labute approximate surface area is 137 Å². The highest BCUT2D eigenvalue weighted by Crippen LogP contribution is 2.19. The molecule has 4 nitrogen and oxygen atoms in total. The minimum absolute atomic E-state index is 0.0143. The molecule has 0 saturated carbocycles. The Bertz CT molecular complexity index is 602. The molecule has 0 bridgehead atoms. The second-order valence-corrected chi connectivity index (χ2v) is 6.25. The molecule has 1 aliphatic heterocycles. The van der Waals surface area contributed by atoms with Crippen molar-refractivity contribution < 1.29 is 9.21 Å². The first kappa shape index (κ1) is 15.8. The molecule has 0 spiro atoms. The lowest BCUT2D eigenvalue weighted by Gasteiger charge is -2.37. The summed E-state index contributed by atoms with van der Waals surface area (Å²) in [7, 11) is 2.14. The topological polar surface area (TPSA) is 36.7 Å². The number of carbonyl (C=O) groups is 1. The van der Waals surface area contributed by atoms with E-state index in [4.69, 9.17) is 4.42 Å². The molecule has 1 aromatic carbocycles. The monoisotopic (exact) mass is 312 g/mol. The van der Waals surface area contributed by atoms with Crippen molar-refractivity contribution in [3.63, 3.8) is 0 Å². The Morgan fingerprint density at radius 2 is 1.91 bits per heavy atom. The van der Waals surface area contributed by atoms with Crippen molar-refractivity contribution in [3.05, 3.63) is 60.1 Å². The maximum absolute atomic E-state index is 12.8. The predicted molar refractivity (Wildman–Crippen MR) is 90.4 cm³/mol. The summed E-state index contributed by atoms with van der Waals surface area (Å²) < 4.78 is 5.34. The van der Waals surface area contributed by atoms with Gasteiger partial charge in [0, 0.05) is 12.6 Å². The first-order valence-corrected chi connectivity index (χ1v) is 8.31. The number of rotatable bonds is 5. The van der Waals surface area contributed by atoms with Gasteiger partial charge in [0.25, 0.3) is 5.91 Å². The SMILES string of the molecule is CN1CCC(N(CCc2ccccc2)C(=O)c2ccco2)CC1. The smallest absolute Gasteiger partial charge is 0.289 e. The lowest BCUT2D eigenvalue weighted by atomic mass is 10.0. The van der Waals surface area contributed by atoms with E-state index < -0.39 is 0 Å². The number of likely N-dealkylation sites (tertiary alicyclic amines) is 1. The number of furan rings is 1. The molecule has 1 aromatic heterocycles. The van der Waals surface area contributed by atoms with Crippen molar-refractivity contribution in [1.82, 2.24) is 9.80 Å². The van der Waals surface area contributed by atoms with Gasteiger partial charge in [0.2, 0.25) is 0 Å². The molecular formula is C19H24N2O2. The van der Waals surface area contributed by atoms with Gasteiger partial charge >= 0.3 is 0 Å². The summed E-state index contributed by atoms with van der Waals surface area (Å²) in [5.74, 6) is 0.456. The Morgan fingerprint density at radius 3 is 2.57 bits per heavy atom. The molecule has 2 heterocycles. The van der Waals surface area contributed by atoms with Gasteiger partial charge in [-0.25, -0.2) is 0 Å². The number of hydrogen-bond acceptors (Lipinski definition) is 3. The van der Waals surface area contributed by atoms with Crippen LogP contribution in [0.3, 0.4) is 0 Å². The van der Waals surface area contributed by atoms with Crippen molar-refractivity contribution in [2.24, 2.45) is 0 Å². The zero-order valence-electron chi connectivity index (χ0n) is 13.6. The van der Waals surface area contributed by atoms with E-state index in [0.29, 0.717) is 11.8 Å². The van der Waals surface area contributed by atoms with Gasteiger partial charge in [-0.05, 0) is 57.1 Å². The number of benzene rings is 1. The van der Waals surface area contributed by atoms with Crippen LogP contribution in [0.15, 0.2) is 53.1 Å². The van der Waals surface area contributed by atoms with Gasteiger partial charge in [0.1, 0.15) is 0 Å². The molecule has 0 atom stereocenters. The molecule has 1 aliphatic rings. The van der Waals surface area contributed by atoms with E-state index in [-0.39, 0.29) is 5.91 Å². The number of piperidine rings is 1. The summed E-state index contributed by atoms with van der Waals surface area (Å²) >= 11 is 0. The quantitative estimate of drug-likeness (QED) is 0.851. The van der Waals surface area contributed by atoms with Crippen molar-refractivity contribution in [3.8, 4) is 0 Å². The summed E-state index contributed by atoms with van der Waals surface area (Å²) in [6.07, 6.45) is 4.49. The van der Waals surface area contributed by atoms with Crippen LogP contribution in [0.5, 0.6) is 0 Å². The molecule has 122 valence electrons. The molecule has 23 heavy (non-hydrogen) atoms. The van der Waals surface area contributed by atoms with E-state index >= 15 is 0 Å². The van der Waals surface area contributed by atoms with Gasteiger partial charge in [-0.1, -0.05) is 30.3 Å². The van der Waals surface area contributed by atoms with Gasteiger partial charge in [-0.2, -0.15) is 0 Å². The van der Waals surface area contributed by atoms with Crippen LogP contribution in [0, 0.1) is 0 Å². The van der Waals surface area contributed by atoms with Crippen LogP contribution in [0.2, 0.25) is 0 Å². The van der Waals surface area contributed by atoms with Crippen LogP contribution in [-0.4, -0.2) is 48.4 Å². The van der Waals surface area contributed by atoms with Crippen LogP contribution in [-0.2, 0) is 6.42 Å². The molecule has 3 rings (SSSR count). The van der Waals surface area contributed by atoms with Gasteiger partial charge in [-0.15, -0.1) is 0 Å². The first-order valence-electron chi connectivity index (χ1n) is 8.31. The summed E-state index contributed by atoms with van der Waals surface area (Å²) in [6.45, 7) is 2.81. The Morgan fingerprint density at radius 1 is 1.17 bits per heavy atom. The molecule has 4 heteroatoms. The van der Waals surface area contributed by atoms with Crippen LogP contribution in [0.1, 0.15) is 29.0 Å². The number of nitrogens with zero attached hydrogens (tertiary/aromatic N) is 2. The minimum atomic E-state index is 0.0143. The fraction of sp³-hybridized carbons (Fsp3) is 0.421. The maximum Gasteiger partial charge on any atom is 0.289 e. The molecule has 0 unspecified atom stereocenters. The fourth-order valence-electron chi connectivity index (χ4n) is 3.19. The predicted octanol–water partition coefficient (Wildman–Crippen LogP) is 3.06. The highest BCUT2D eigenvalue weighted by atomic mass is 16.3. The van der Waals surface area contributed by atoms with Gasteiger partial charge in [0.15, 0.2) is 5.76 Å². The Hall–Kier alpha value is -2.07. The zero-order chi connectivity index (χ0) is 16.1. The highest BCUT2D eigenvalue weighted by molar-refractivity contribution is 5.91. The largest absolute Gasteiger partial charge is 0.459 e. The molecule has 2 aromatic rings. The molecule has 0 radical (unpaired) electrons. The van der Waals surface area contributed by atoms with Gasteiger partial charge in [0.05, 0.1) is 6.26 Å². The van der Waals surface area contributed by atoms with E-state index in [9.17, 15) is 4.79 Å². The zero-order valence-corrected chi connectivity index (χ0v) is 13.6. The summed E-state index contributed by atoms with van der Waals surface area (Å²) in [5.41, 5.74) is 1.26. The highest BCUT2D eigenvalue weighted by Gasteiger charge is 2.28. The van der Waals surface area contributed by atoms with E-state index in [1.807, 2.05) is 23.1 Å². The van der Waals surface area contributed by atoms with Crippen molar-refractivity contribution in [2.75, 3.05) is 26.7 Å². The average molecular weight is 312 g/mol. The Kier molecular flexibility index (Phi) is 5.13. The second-order valence-electron chi connectivity index (χ2n) is 6.25. The third-order valence-electron chi connectivity index (χ3n) is 4.61. The molecular weight excluding hydrogens is 288 g/mol. The first-order chi connectivity index (χ1) is 11.2. The summed E-state index contributed by atoms with van der Waals surface area (Å²) in [4.78, 5) is 17.2. The standard InChI is InChI=1S/C19H24N2O2/c1-20-12-10-17(11-13-20)21(19(22)18-8-5-15-23-18)14-9-16-6-3-2-4-7-16/h2-8,15,17H,9-14H2,1H3. The van der Waals surface area contributed by atoms with Crippen LogP contribution in [0.4, 0.5) is 0 Å². The van der Waals surface area contributed by atoms with Crippen LogP contribution >= 0.6 is 0 Å². The lowest BCUT2D eigenvalue weighted by Crippen LogP contribution is -2.47. The summed E-state index contributed by atoms with van der Waals surface area (Å²) in [5, 5.41) is 0. The number of carbonyl (C=O) groups excluding carboxylic acids is 1. The molecule has 1 saturated heterocycles. The van der Waals surface area contributed by atoms with Crippen LogP contribution < -0.4 is 0 Å². The molecule has 1 fully saturated rings. The lowest BCUT2D eigenvalue weighted by molar-refractivity contribution is 0.0563. The van der Waals surface area contributed by atoms with Gasteiger partial charge < -0.3 is 14.2 Å². The third kappa shape index (κ3) is 4.02. The number of hydrogen-bond donors (Lipinski definition) is 0. The molecule has 1 amide bonds. The van der Waals surface area contributed by atoms with E-state index in [2.05, 4.69) is 24.1 Å². The maximum atomic E-state index is 12.8. The average Bonchev–Trinajstić information content (AvgIpc) is 3.12. The Balaban J connectivity index is 1.71. The molecule has 0 aliphatic carbocycles. The van der Waals surface area contributed by atoms with Crippen molar-refractivity contribution in [1.29, 1.82) is 0 Å². The van der Waals surface area contributed by atoms with Crippen molar-refractivity contribution in [2.45, 2.75) is 25.3 Å². The normalized spacial score (nSPS) is 16.4. The van der Waals surface area contributed by atoms with Crippen LogP contribution in [0.25, 0.3) is 0 Å². The fourth-order valence-corrected chi connectivity index (χ4v) is 3.19. The third-order valence-corrected chi connectivity index (χ3v) is 4.61. The van der Waals surface area contributed by atoms with E-state index in [1.54, 1.807) is 18.4 Å². The summed E-state index contributed by atoms with van der Waals surface area (Å²) in [6, 6.07) is 14.2. The van der Waals surface area contributed by atoms with Crippen molar-refractivity contribution >= 4 is 5.91 Å². The number of amides is 1. The van der Waals surface area contributed by atoms with E-state index in [1.165, 1.54) is 5.56 Å². The minimum Gasteiger partial charge on any atom is -0.459 e. The molecule has 0 N–H and O–H groups in total. The van der Waals surface area contributed by atoms with E-state index in [0.717, 1.165) is 38.9 Å².